The standard InChI is InChI=1S/2C14H14O3/c2*1-9(14(15)16)10-3-4-12-8-13(17-2)6-5-11(12)7-10/h2*3-9H,1-2H3,(H,15,16)/i1D3,2D3,3D,4D,5D,6D,7D,8D,9D;1D3,2D3,3D,4D,5D,6D,7D,8D. The maximum Gasteiger partial charge on any atom is 0.310 e. The molecule has 0 aliphatic carbocycles. The Morgan fingerprint density at radius 2 is 1.24 bits per heavy atom. The molecule has 0 fully saturated rings. The zero-order valence-corrected chi connectivity index (χ0v) is 16.6. The maximum absolute atomic E-state index is 11.7. The summed E-state index contributed by atoms with van der Waals surface area (Å²) >= 11 is 0. The van der Waals surface area contributed by atoms with Crippen molar-refractivity contribution in [1.29, 1.82) is 0 Å². The van der Waals surface area contributed by atoms with Crippen molar-refractivity contribution in [2.45, 2.75) is 25.5 Å². The molecule has 0 aliphatic heterocycles. The Hall–Kier alpha value is -4.06. The molecule has 0 spiro atoms. The van der Waals surface area contributed by atoms with Crippen LogP contribution in [0.25, 0.3) is 21.5 Å². The number of aliphatic carboxylic acids is 2. The van der Waals surface area contributed by atoms with Gasteiger partial charge < -0.3 is 19.7 Å². The topological polar surface area (TPSA) is 93.1 Å². The Morgan fingerprint density at radius 3 is 1.71 bits per heavy atom. The van der Waals surface area contributed by atoms with Crippen LogP contribution in [0.1, 0.15) is 70.9 Å². The second kappa shape index (κ2) is 10.7. The average molecular weight is 486 g/mol. The number of hydrogen-bond donors (Lipinski definition) is 2. The highest BCUT2D eigenvalue weighted by atomic mass is 16.5. The van der Waals surface area contributed by atoms with E-state index in [1.54, 1.807) is 0 Å². The smallest absolute Gasteiger partial charge is 0.310 e. The van der Waals surface area contributed by atoms with Crippen LogP contribution in [0.5, 0.6) is 11.5 Å². The summed E-state index contributed by atoms with van der Waals surface area (Å²) in [7, 11) is -6.21. The summed E-state index contributed by atoms with van der Waals surface area (Å²) in [5, 5.41) is 16.1. The lowest BCUT2D eigenvalue weighted by Gasteiger charge is -2.08. The Labute approximate surface area is 233 Å². The molecule has 4 aromatic rings. The molecule has 34 heavy (non-hydrogen) atoms. The number of carbonyl (C=O) groups is 2. The first kappa shape index (κ1) is 7.73. The lowest BCUT2D eigenvalue weighted by Crippen LogP contribution is -2.06. The molecule has 0 amide bonds. The highest BCUT2D eigenvalue weighted by molar-refractivity contribution is 5.87. The van der Waals surface area contributed by atoms with Gasteiger partial charge in [0, 0.05) is 9.60 Å². The summed E-state index contributed by atoms with van der Waals surface area (Å²) in [6.07, 6.45) is 0. The molecule has 0 aromatic heterocycles. The Kier molecular flexibility index (Phi) is 2.44. The fraction of sp³-hybridized carbons (Fsp3) is 0.214. The predicted octanol–water partition coefficient (Wildman–Crippen LogP) is 6.07. The lowest BCUT2D eigenvalue weighted by molar-refractivity contribution is -0.139. The summed E-state index contributed by atoms with van der Waals surface area (Å²) in [5.74, 6) is -11.8. The van der Waals surface area contributed by atoms with Gasteiger partial charge in [0.05, 0.1) is 50.6 Å². The van der Waals surface area contributed by atoms with Crippen LogP contribution in [0.3, 0.4) is 0 Å². The van der Waals surface area contributed by atoms with Gasteiger partial charge in [0.15, 0.2) is 0 Å². The van der Waals surface area contributed by atoms with Crippen LogP contribution >= 0.6 is 0 Å². The molecule has 6 nitrogen and oxygen atoms in total. The summed E-state index contributed by atoms with van der Waals surface area (Å²) in [4.78, 5) is 23.2. The van der Waals surface area contributed by atoms with E-state index in [0.29, 0.717) is 0 Å². The number of rotatable bonds is 6. The highest BCUT2D eigenvalue weighted by Crippen LogP contribution is 2.26. The largest absolute Gasteiger partial charge is 0.497 e. The quantitative estimate of drug-likeness (QED) is 0.344. The first-order valence-electron chi connectivity index (χ1n) is 21.3. The number of fused-ring (bicyclic) bond motifs is 2. The molecule has 2 unspecified atom stereocenters. The van der Waals surface area contributed by atoms with Gasteiger partial charge in [-0.05, 0) is 70.5 Å². The lowest BCUT2D eigenvalue weighted by atomic mass is 9.98. The molecule has 6 heteroatoms. The number of carboxylic acids is 2. The molecular formula is C28H28O6. The summed E-state index contributed by atoms with van der Waals surface area (Å²) in [6.45, 7) is -6.76. The van der Waals surface area contributed by atoms with E-state index in [-0.39, 0.29) is 0 Å². The van der Waals surface area contributed by atoms with E-state index in [4.69, 9.17) is 34.3 Å². The van der Waals surface area contributed by atoms with Crippen LogP contribution in [0, 0.1) is 0 Å². The van der Waals surface area contributed by atoms with Crippen molar-refractivity contribution in [3.05, 3.63) is 83.6 Å². The van der Waals surface area contributed by atoms with E-state index >= 15 is 0 Å². The summed E-state index contributed by atoms with van der Waals surface area (Å²) < 4.78 is 201. The Balaban J connectivity index is 0.000000316. The third kappa shape index (κ3) is 5.64. The SMILES string of the molecule is [2H]c1c(C(C(=O)O)C([2H])([2H])[2H])c([2H])c2c([2H])c([2H])c(OC([2H])([2H])[2H])c([2H])c2c1[2H].[2H]c1c(C([2H])(C(=O)O)C([2H])([2H])[2H])c([2H])c2c([2H])c([2H])c(OC([2H])([2H])[2H])c([2H])c2c1[2H]. The van der Waals surface area contributed by atoms with E-state index in [1.807, 2.05) is 0 Å². The molecule has 0 saturated carbocycles. The third-order valence-electron chi connectivity index (χ3n) is 3.93. The molecule has 0 heterocycles. The molecule has 2 atom stereocenters. The number of hydrogen-bond acceptors (Lipinski definition) is 4. The van der Waals surface area contributed by atoms with E-state index < -0.39 is 168 Å². The van der Waals surface area contributed by atoms with Gasteiger partial charge in [-0.3, -0.25) is 9.59 Å². The van der Waals surface area contributed by atoms with Crippen molar-refractivity contribution >= 4 is 33.5 Å². The van der Waals surface area contributed by atoms with Crippen LogP contribution in [0.2, 0.25) is 0 Å². The molecule has 0 bridgehead atoms. The minimum Gasteiger partial charge on any atom is -0.497 e. The van der Waals surface area contributed by atoms with E-state index in [2.05, 4.69) is 9.47 Å². The summed E-state index contributed by atoms with van der Waals surface area (Å²) in [5.41, 5.74) is -2.06. The molecule has 0 radical (unpaired) electrons. The van der Waals surface area contributed by atoms with Gasteiger partial charge in [-0.15, -0.1) is 0 Å². The van der Waals surface area contributed by atoms with Gasteiger partial charge >= 0.3 is 11.9 Å². The molecule has 0 aliphatic rings. The summed E-state index contributed by atoms with van der Waals surface area (Å²) in [6, 6.07) is -11.5. The number of carboxylic acid groups (broad SMARTS) is 2. The number of benzene rings is 4. The fourth-order valence-corrected chi connectivity index (χ4v) is 2.33. The zero-order valence-electron chi connectivity index (χ0n) is 41.6. The number of ether oxygens (including phenoxy) is 2. The highest BCUT2D eigenvalue weighted by Gasteiger charge is 2.14. The predicted molar refractivity (Wildman–Crippen MR) is 133 cm³/mol. The molecule has 0 saturated heterocycles. The van der Waals surface area contributed by atoms with Crippen LogP contribution in [-0.2, 0) is 9.59 Å². The average Bonchev–Trinajstić information content (AvgIpc) is 3.06. The number of methoxy groups -OCH3 is 2. The molecular weight excluding hydrogens is 432 g/mol. The Morgan fingerprint density at radius 1 is 0.735 bits per heavy atom. The molecule has 2 N–H and O–H groups in total. The van der Waals surface area contributed by atoms with E-state index in [0.717, 1.165) is 0 Å². The molecule has 4 aromatic carbocycles. The van der Waals surface area contributed by atoms with Gasteiger partial charge in [0.1, 0.15) is 11.5 Å². The van der Waals surface area contributed by atoms with Crippen molar-refractivity contribution in [3.8, 4) is 11.5 Å². The van der Waals surface area contributed by atoms with Gasteiger partial charge in [-0.25, -0.2) is 0 Å². The van der Waals surface area contributed by atoms with Crippen LogP contribution < -0.4 is 9.47 Å². The molecule has 4 rings (SSSR count). The minimum atomic E-state index is -3.58. The van der Waals surface area contributed by atoms with Gasteiger partial charge in [0.25, 0.3) is 0 Å². The van der Waals surface area contributed by atoms with Gasteiger partial charge in [-0.2, -0.15) is 0 Å². The van der Waals surface area contributed by atoms with Crippen molar-refractivity contribution in [2.75, 3.05) is 14.1 Å². The van der Waals surface area contributed by atoms with Crippen LogP contribution in [0.15, 0.2) is 72.5 Å². The van der Waals surface area contributed by atoms with Crippen LogP contribution in [0.4, 0.5) is 0 Å². The van der Waals surface area contributed by atoms with Gasteiger partial charge in [0.2, 0.25) is 0 Å². The third-order valence-corrected chi connectivity index (χ3v) is 3.93. The van der Waals surface area contributed by atoms with Crippen molar-refractivity contribution in [3.63, 3.8) is 0 Å². The first-order valence-corrected chi connectivity index (χ1v) is 8.79. The Bertz CT molecular complexity index is 2400. The van der Waals surface area contributed by atoms with Crippen molar-refractivity contribution < 1.29 is 63.5 Å². The second-order valence-electron chi connectivity index (χ2n) is 6.10. The monoisotopic (exact) mass is 485 g/mol. The van der Waals surface area contributed by atoms with Crippen molar-refractivity contribution in [1.82, 2.24) is 0 Å². The fourth-order valence-electron chi connectivity index (χ4n) is 2.33. The van der Waals surface area contributed by atoms with E-state index in [9.17, 15) is 19.8 Å². The van der Waals surface area contributed by atoms with Crippen LogP contribution in [-0.4, -0.2) is 36.2 Å². The normalized spacial score (nSPS) is 25.4. The minimum absolute atomic E-state index is 0.585. The van der Waals surface area contributed by atoms with Gasteiger partial charge in [-0.1, -0.05) is 48.3 Å². The molecule has 176 valence electrons. The van der Waals surface area contributed by atoms with Crippen molar-refractivity contribution in [2.24, 2.45) is 0 Å². The first-order chi connectivity index (χ1) is 26.4. The maximum atomic E-state index is 11.7. The van der Waals surface area contributed by atoms with E-state index in [1.165, 1.54) is 0 Å². The zero-order chi connectivity index (χ0) is 46.2. The second-order valence-corrected chi connectivity index (χ2v) is 6.10.